The number of amides is 1. The second-order valence-corrected chi connectivity index (χ2v) is 3.58. The second-order valence-electron chi connectivity index (χ2n) is 1.92. The molecule has 0 atom stereocenters. The number of nitrogens with zero attached hydrogens (tertiary/aromatic N) is 1. The number of pyridine rings is 1. The van der Waals surface area contributed by atoms with Crippen LogP contribution in [0.4, 0.5) is 10.5 Å². The van der Waals surface area contributed by atoms with E-state index in [0.29, 0.717) is 14.8 Å². The average Bonchev–Trinajstić information content (AvgIpc) is 1.96. The molecule has 0 aliphatic carbocycles. The highest BCUT2D eigenvalue weighted by atomic mass is 79.9. The third-order valence-corrected chi connectivity index (χ3v) is 2.13. The predicted molar refractivity (Wildman–Crippen MR) is 51.3 cm³/mol. The molecule has 0 bridgehead atoms. The Balaban J connectivity index is 2.97. The Morgan fingerprint density at radius 1 is 1.58 bits per heavy atom. The summed E-state index contributed by atoms with van der Waals surface area (Å²) >= 11 is 6.27. The van der Waals surface area contributed by atoms with Crippen LogP contribution in [0.2, 0.25) is 0 Å². The fraction of sp³-hybridized carbons (Fsp3) is 0. The maximum Gasteiger partial charge on any atom is 0.409 e. The van der Waals surface area contributed by atoms with E-state index >= 15 is 0 Å². The van der Waals surface area contributed by atoms with E-state index in [2.05, 4.69) is 42.2 Å². The summed E-state index contributed by atoms with van der Waals surface area (Å²) in [6, 6.07) is 1.57. The summed E-state index contributed by atoms with van der Waals surface area (Å²) in [5, 5.41) is 10.6. The fourth-order valence-corrected chi connectivity index (χ4v) is 1.27. The fourth-order valence-electron chi connectivity index (χ4n) is 0.624. The zero-order chi connectivity index (χ0) is 9.14. The van der Waals surface area contributed by atoms with Crippen LogP contribution in [0.15, 0.2) is 21.3 Å². The number of hydrogen-bond acceptors (Lipinski definition) is 2. The van der Waals surface area contributed by atoms with E-state index in [9.17, 15) is 4.79 Å². The number of anilines is 1. The standard InChI is InChI=1S/C6H4Br2N2O2/c7-3-2-9-5(8)1-4(3)10-6(11)12/h1-2H,(H,9,10)(H,11,12). The molecule has 0 fully saturated rings. The molecule has 0 aliphatic rings. The highest BCUT2D eigenvalue weighted by Crippen LogP contribution is 2.23. The Hall–Kier alpha value is -0.620. The van der Waals surface area contributed by atoms with Gasteiger partial charge in [0.05, 0.1) is 10.2 Å². The first-order chi connectivity index (χ1) is 5.59. The van der Waals surface area contributed by atoms with E-state index < -0.39 is 6.09 Å². The molecule has 0 aliphatic heterocycles. The highest BCUT2D eigenvalue weighted by Gasteiger charge is 2.03. The third-order valence-electron chi connectivity index (χ3n) is 1.06. The summed E-state index contributed by atoms with van der Waals surface area (Å²) in [6.07, 6.45) is 0.406. The van der Waals surface area contributed by atoms with Crippen molar-refractivity contribution in [1.29, 1.82) is 0 Å². The van der Waals surface area contributed by atoms with Crippen molar-refractivity contribution in [3.8, 4) is 0 Å². The van der Waals surface area contributed by atoms with Gasteiger partial charge in [-0.05, 0) is 37.9 Å². The summed E-state index contributed by atoms with van der Waals surface area (Å²) in [7, 11) is 0. The van der Waals surface area contributed by atoms with Crippen LogP contribution in [0.3, 0.4) is 0 Å². The Labute approximate surface area is 85.3 Å². The summed E-state index contributed by atoms with van der Waals surface area (Å²) in [5.41, 5.74) is 0.462. The Bertz CT molecular complexity index is 316. The first-order valence-electron chi connectivity index (χ1n) is 2.90. The van der Waals surface area contributed by atoms with Gasteiger partial charge in [0.1, 0.15) is 4.60 Å². The van der Waals surface area contributed by atoms with E-state index in [1.807, 2.05) is 0 Å². The molecule has 1 aromatic heterocycles. The van der Waals surface area contributed by atoms with Gasteiger partial charge in [0.25, 0.3) is 0 Å². The lowest BCUT2D eigenvalue weighted by molar-refractivity contribution is 0.209. The quantitative estimate of drug-likeness (QED) is 0.783. The van der Waals surface area contributed by atoms with E-state index in [4.69, 9.17) is 5.11 Å². The van der Waals surface area contributed by atoms with Gasteiger partial charge in [-0.15, -0.1) is 0 Å². The normalized spacial score (nSPS) is 9.50. The first kappa shape index (κ1) is 9.47. The number of hydrogen-bond donors (Lipinski definition) is 2. The van der Waals surface area contributed by atoms with Crippen molar-refractivity contribution in [3.05, 3.63) is 21.3 Å². The first-order valence-corrected chi connectivity index (χ1v) is 4.49. The molecule has 0 saturated heterocycles. The van der Waals surface area contributed by atoms with Crippen molar-refractivity contribution >= 4 is 43.6 Å². The zero-order valence-corrected chi connectivity index (χ0v) is 8.89. The predicted octanol–water partition coefficient (Wildman–Crippen LogP) is 2.70. The average molecular weight is 296 g/mol. The Morgan fingerprint density at radius 2 is 2.25 bits per heavy atom. The molecular weight excluding hydrogens is 292 g/mol. The van der Waals surface area contributed by atoms with Crippen LogP contribution in [-0.4, -0.2) is 16.2 Å². The molecule has 2 N–H and O–H groups in total. The van der Waals surface area contributed by atoms with E-state index in [-0.39, 0.29) is 0 Å². The molecule has 12 heavy (non-hydrogen) atoms. The largest absolute Gasteiger partial charge is 0.465 e. The SMILES string of the molecule is O=C(O)Nc1cc(Br)ncc1Br. The second kappa shape index (κ2) is 3.86. The Morgan fingerprint density at radius 3 is 2.83 bits per heavy atom. The van der Waals surface area contributed by atoms with Crippen LogP contribution in [-0.2, 0) is 0 Å². The van der Waals surface area contributed by atoms with Gasteiger partial charge in [-0.1, -0.05) is 0 Å². The van der Waals surface area contributed by atoms with Gasteiger partial charge in [-0.25, -0.2) is 9.78 Å². The molecule has 1 heterocycles. The summed E-state index contributed by atoms with van der Waals surface area (Å²) in [6.45, 7) is 0. The van der Waals surface area contributed by atoms with E-state index in [0.717, 1.165) is 0 Å². The van der Waals surface area contributed by atoms with Crippen molar-refractivity contribution < 1.29 is 9.90 Å². The molecule has 4 nitrogen and oxygen atoms in total. The molecule has 1 aromatic rings. The van der Waals surface area contributed by atoms with Crippen LogP contribution in [0.25, 0.3) is 0 Å². The minimum absolute atomic E-state index is 0.462. The van der Waals surface area contributed by atoms with Crippen LogP contribution < -0.4 is 5.32 Å². The lowest BCUT2D eigenvalue weighted by Crippen LogP contribution is -2.07. The van der Waals surface area contributed by atoms with Crippen molar-refractivity contribution in [2.75, 3.05) is 5.32 Å². The maximum absolute atomic E-state index is 10.3. The molecule has 1 rings (SSSR count). The van der Waals surface area contributed by atoms with Crippen molar-refractivity contribution in [1.82, 2.24) is 4.98 Å². The van der Waals surface area contributed by atoms with E-state index in [1.165, 1.54) is 6.20 Å². The molecule has 0 aromatic carbocycles. The van der Waals surface area contributed by atoms with Gasteiger partial charge in [0.15, 0.2) is 0 Å². The van der Waals surface area contributed by atoms with E-state index in [1.54, 1.807) is 6.07 Å². The monoisotopic (exact) mass is 294 g/mol. The topological polar surface area (TPSA) is 62.2 Å². The highest BCUT2D eigenvalue weighted by molar-refractivity contribution is 9.11. The Kier molecular flexibility index (Phi) is 3.05. The number of rotatable bonds is 1. The third kappa shape index (κ3) is 2.46. The van der Waals surface area contributed by atoms with Crippen LogP contribution in [0, 0.1) is 0 Å². The van der Waals surface area contributed by atoms with Crippen molar-refractivity contribution in [2.45, 2.75) is 0 Å². The molecule has 0 spiro atoms. The molecule has 1 amide bonds. The van der Waals surface area contributed by atoms with Crippen LogP contribution >= 0.6 is 31.9 Å². The number of carbonyl (C=O) groups is 1. The van der Waals surface area contributed by atoms with Crippen molar-refractivity contribution in [3.63, 3.8) is 0 Å². The lowest BCUT2D eigenvalue weighted by Gasteiger charge is -2.02. The summed E-state index contributed by atoms with van der Waals surface area (Å²) < 4.78 is 1.18. The summed E-state index contributed by atoms with van der Waals surface area (Å²) in [5.74, 6) is 0. The van der Waals surface area contributed by atoms with Gasteiger partial charge in [-0.2, -0.15) is 0 Å². The van der Waals surface area contributed by atoms with Gasteiger partial charge in [0.2, 0.25) is 0 Å². The van der Waals surface area contributed by atoms with Crippen molar-refractivity contribution in [2.24, 2.45) is 0 Å². The number of halogens is 2. The molecule has 0 radical (unpaired) electrons. The van der Waals surface area contributed by atoms with Crippen LogP contribution in [0.1, 0.15) is 0 Å². The lowest BCUT2D eigenvalue weighted by atomic mass is 10.4. The zero-order valence-electron chi connectivity index (χ0n) is 5.71. The minimum atomic E-state index is -1.10. The molecule has 64 valence electrons. The number of nitrogens with one attached hydrogen (secondary N) is 1. The number of carboxylic acid groups (broad SMARTS) is 1. The van der Waals surface area contributed by atoms with Gasteiger partial charge in [0, 0.05) is 6.20 Å². The van der Waals surface area contributed by atoms with Crippen LogP contribution in [0.5, 0.6) is 0 Å². The molecular formula is C6H4Br2N2O2. The van der Waals surface area contributed by atoms with Gasteiger partial charge < -0.3 is 5.11 Å². The van der Waals surface area contributed by atoms with Gasteiger partial charge in [-0.3, -0.25) is 5.32 Å². The maximum atomic E-state index is 10.3. The van der Waals surface area contributed by atoms with Gasteiger partial charge >= 0.3 is 6.09 Å². The molecule has 0 saturated carbocycles. The minimum Gasteiger partial charge on any atom is -0.465 e. The summed E-state index contributed by atoms with van der Waals surface area (Å²) in [4.78, 5) is 14.1. The smallest absolute Gasteiger partial charge is 0.409 e. The molecule has 6 heteroatoms. The number of aromatic nitrogens is 1. The molecule has 0 unspecified atom stereocenters.